The van der Waals surface area contributed by atoms with E-state index in [1.807, 2.05) is 6.92 Å². The summed E-state index contributed by atoms with van der Waals surface area (Å²) in [5.41, 5.74) is 1.54. The molecule has 1 aliphatic heterocycles. The Balaban J connectivity index is 2.46. The van der Waals surface area contributed by atoms with Crippen molar-refractivity contribution in [1.29, 1.82) is 0 Å². The van der Waals surface area contributed by atoms with Crippen LogP contribution in [0, 0.1) is 10.1 Å². The lowest BCUT2D eigenvalue weighted by Gasteiger charge is -2.17. The van der Waals surface area contributed by atoms with Gasteiger partial charge in [-0.1, -0.05) is 0 Å². The zero-order chi connectivity index (χ0) is 15.6. The van der Waals surface area contributed by atoms with Gasteiger partial charge in [0, 0.05) is 26.1 Å². The second-order valence-electron chi connectivity index (χ2n) is 4.98. The number of rotatable bonds is 3. The fraction of sp³-hybridized carbons (Fsp3) is 0.429. The van der Waals surface area contributed by atoms with Crippen molar-refractivity contribution in [2.75, 3.05) is 18.4 Å². The monoisotopic (exact) mass is 291 g/mol. The summed E-state index contributed by atoms with van der Waals surface area (Å²) in [6, 6.07) is 3.01. The van der Waals surface area contributed by atoms with Crippen molar-refractivity contribution < 1.29 is 14.5 Å². The highest BCUT2D eigenvalue weighted by Gasteiger charge is 2.24. The number of hydrogen-bond donors (Lipinski definition) is 1. The Kier molecular flexibility index (Phi) is 4.21. The van der Waals surface area contributed by atoms with Crippen LogP contribution >= 0.6 is 0 Å². The second kappa shape index (κ2) is 5.90. The summed E-state index contributed by atoms with van der Waals surface area (Å²) in [6.45, 7) is 4.37. The number of nitrogens with zero attached hydrogens (tertiary/aromatic N) is 2. The molecule has 1 heterocycles. The van der Waals surface area contributed by atoms with E-state index in [-0.39, 0.29) is 29.6 Å². The van der Waals surface area contributed by atoms with E-state index in [0.717, 1.165) is 11.1 Å². The number of fused-ring (bicyclic) bond motifs is 1. The molecule has 1 aromatic rings. The Labute approximate surface area is 122 Å². The van der Waals surface area contributed by atoms with E-state index in [1.165, 1.54) is 13.0 Å². The number of carbonyl (C=O) groups excluding carboxylic acids is 2. The summed E-state index contributed by atoms with van der Waals surface area (Å²) in [5.74, 6) is -0.382. The third kappa shape index (κ3) is 3.18. The average Bonchev–Trinajstić information content (AvgIpc) is 2.54. The molecule has 7 nitrogen and oxygen atoms in total. The fourth-order valence-electron chi connectivity index (χ4n) is 2.50. The molecule has 112 valence electrons. The van der Waals surface area contributed by atoms with Crippen molar-refractivity contribution in [1.82, 2.24) is 4.90 Å². The van der Waals surface area contributed by atoms with Gasteiger partial charge in [0.05, 0.1) is 11.3 Å². The van der Waals surface area contributed by atoms with Gasteiger partial charge in [-0.15, -0.1) is 0 Å². The highest BCUT2D eigenvalue weighted by molar-refractivity contribution is 5.92. The van der Waals surface area contributed by atoms with Gasteiger partial charge in [-0.3, -0.25) is 19.7 Å². The second-order valence-corrected chi connectivity index (χ2v) is 4.98. The van der Waals surface area contributed by atoms with Gasteiger partial charge < -0.3 is 10.2 Å². The summed E-state index contributed by atoms with van der Waals surface area (Å²) in [7, 11) is 0. The Morgan fingerprint density at radius 2 is 2.14 bits per heavy atom. The van der Waals surface area contributed by atoms with Crippen LogP contribution in [0.25, 0.3) is 0 Å². The SMILES string of the molecule is CCN1CCc2cc([N+](=O)[O-])c(NC(C)=O)cc2CC1=O. The third-order valence-electron chi connectivity index (χ3n) is 3.55. The van der Waals surface area contributed by atoms with Crippen LogP contribution in [0.5, 0.6) is 0 Å². The molecule has 21 heavy (non-hydrogen) atoms. The molecule has 0 unspecified atom stereocenters. The number of anilines is 1. The number of likely N-dealkylation sites (N-methyl/N-ethyl adjacent to an activating group) is 1. The topological polar surface area (TPSA) is 92.5 Å². The van der Waals surface area contributed by atoms with Gasteiger partial charge >= 0.3 is 0 Å². The number of amides is 2. The molecule has 0 saturated heterocycles. The quantitative estimate of drug-likeness (QED) is 0.674. The van der Waals surface area contributed by atoms with Gasteiger partial charge in [-0.25, -0.2) is 0 Å². The lowest BCUT2D eigenvalue weighted by atomic mass is 10.0. The minimum Gasteiger partial charge on any atom is -0.342 e. The van der Waals surface area contributed by atoms with Crippen LogP contribution in [0.3, 0.4) is 0 Å². The number of nitro benzene ring substituents is 1. The van der Waals surface area contributed by atoms with Gasteiger partial charge in [-0.05, 0) is 30.5 Å². The maximum absolute atomic E-state index is 12.1. The molecule has 0 aliphatic carbocycles. The maximum Gasteiger partial charge on any atom is 0.293 e. The molecular weight excluding hydrogens is 274 g/mol. The zero-order valence-electron chi connectivity index (χ0n) is 12.0. The van der Waals surface area contributed by atoms with Crippen molar-refractivity contribution in [3.8, 4) is 0 Å². The van der Waals surface area contributed by atoms with Gasteiger partial charge in [0.1, 0.15) is 5.69 Å². The van der Waals surface area contributed by atoms with Gasteiger partial charge in [0.25, 0.3) is 5.69 Å². The van der Waals surface area contributed by atoms with E-state index >= 15 is 0 Å². The van der Waals surface area contributed by atoms with Crippen molar-refractivity contribution in [2.45, 2.75) is 26.7 Å². The van der Waals surface area contributed by atoms with Crippen LogP contribution in [0.4, 0.5) is 11.4 Å². The average molecular weight is 291 g/mol. The molecule has 0 fully saturated rings. The maximum atomic E-state index is 12.1. The number of carbonyl (C=O) groups is 2. The Bertz CT molecular complexity index is 612. The smallest absolute Gasteiger partial charge is 0.293 e. The van der Waals surface area contributed by atoms with E-state index in [1.54, 1.807) is 11.0 Å². The first kappa shape index (κ1) is 15.0. The normalized spacial score (nSPS) is 14.4. The molecule has 0 bridgehead atoms. The number of nitrogens with one attached hydrogen (secondary N) is 1. The van der Waals surface area contributed by atoms with Crippen molar-refractivity contribution in [3.63, 3.8) is 0 Å². The molecule has 0 aromatic heterocycles. The number of nitro groups is 1. The molecule has 1 aromatic carbocycles. The highest BCUT2D eigenvalue weighted by Crippen LogP contribution is 2.30. The van der Waals surface area contributed by atoms with E-state index in [9.17, 15) is 19.7 Å². The largest absolute Gasteiger partial charge is 0.342 e. The molecular formula is C14H17N3O4. The molecule has 0 spiro atoms. The van der Waals surface area contributed by atoms with Gasteiger partial charge in [-0.2, -0.15) is 0 Å². The summed E-state index contributed by atoms with van der Waals surface area (Å²) < 4.78 is 0. The molecule has 2 amide bonds. The highest BCUT2D eigenvalue weighted by atomic mass is 16.6. The summed E-state index contributed by atoms with van der Waals surface area (Å²) in [4.78, 5) is 35.6. The van der Waals surface area contributed by atoms with E-state index in [0.29, 0.717) is 19.5 Å². The molecule has 7 heteroatoms. The van der Waals surface area contributed by atoms with Crippen LogP contribution in [-0.2, 0) is 22.4 Å². The first-order valence-electron chi connectivity index (χ1n) is 6.78. The summed E-state index contributed by atoms with van der Waals surface area (Å²) in [6.07, 6.45) is 0.782. The molecule has 2 rings (SSSR count). The molecule has 1 aliphatic rings. The number of benzene rings is 1. The van der Waals surface area contributed by atoms with Gasteiger partial charge in [0.15, 0.2) is 0 Å². The Hall–Kier alpha value is -2.44. The van der Waals surface area contributed by atoms with Crippen LogP contribution in [-0.4, -0.2) is 34.7 Å². The zero-order valence-corrected chi connectivity index (χ0v) is 12.0. The molecule has 1 N–H and O–H groups in total. The van der Waals surface area contributed by atoms with E-state index < -0.39 is 4.92 Å². The molecule has 0 saturated carbocycles. The summed E-state index contributed by atoms with van der Waals surface area (Å²) >= 11 is 0. The number of hydrogen-bond acceptors (Lipinski definition) is 4. The minimum atomic E-state index is -0.518. The lowest BCUT2D eigenvalue weighted by molar-refractivity contribution is -0.384. The molecule has 0 atom stereocenters. The first-order chi connectivity index (χ1) is 9.92. The van der Waals surface area contributed by atoms with E-state index in [4.69, 9.17) is 0 Å². The van der Waals surface area contributed by atoms with Crippen LogP contribution in [0.15, 0.2) is 12.1 Å². The Morgan fingerprint density at radius 1 is 1.43 bits per heavy atom. The minimum absolute atomic E-state index is 0.00104. The van der Waals surface area contributed by atoms with Crippen molar-refractivity contribution in [3.05, 3.63) is 33.4 Å². The van der Waals surface area contributed by atoms with Crippen molar-refractivity contribution in [2.24, 2.45) is 0 Å². The predicted octanol–water partition coefficient (Wildman–Crippen LogP) is 1.50. The van der Waals surface area contributed by atoms with Gasteiger partial charge in [0.2, 0.25) is 11.8 Å². The lowest BCUT2D eigenvalue weighted by Crippen LogP contribution is -2.31. The Morgan fingerprint density at radius 3 is 2.71 bits per heavy atom. The summed E-state index contributed by atoms with van der Waals surface area (Å²) in [5, 5.41) is 13.6. The van der Waals surface area contributed by atoms with Crippen LogP contribution < -0.4 is 5.32 Å². The standard InChI is InChI=1S/C14H17N3O4/c1-3-16-5-4-10-7-13(17(20)21)12(15-9(2)18)6-11(10)8-14(16)19/h6-7H,3-5,8H2,1-2H3,(H,15,18). The predicted molar refractivity (Wildman–Crippen MR) is 77.1 cm³/mol. The molecule has 0 radical (unpaired) electrons. The van der Waals surface area contributed by atoms with Crippen LogP contribution in [0.1, 0.15) is 25.0 Å². The van der Waals surface area contributed by atoms with E-state index in [2.05, 4.69) is 5.32 Å². The van der Waals surface area contributed by atoms with Crippen LogP contribution in [0.2, 0.25) is 0 Å². The van der Waals surface area contributed by atoms with Crippen molar-refractivity contribution >= 4 is 23.2 Å². The fourth-order valence-corrected chi connectivity index (χ4v) is 2.50. The third-order valence-corrected chi connectivity index (χ3v) is 3.55. The first-order valence-corrected chi connectivity index (χ1v) is 6.78.